The third-order valence-corrected chi connectivity index (χ3v) is 4.77. The van der Waals surface area contributed by atoms with Crippen molar-refractivity contribution in [3.63, 3.8) is 0 Å². The van der Waals surface area contributed by atoms with Gasteiger partial charge < -0.3 is 14.4 Å². The van der Waals surface area contributed by atoms with Crippen LogP contribution in [0.4, 0.5) is 0 Å². The molecule has 0 saturated carbocycles. The first-order valence-corrected chi connectivity index (χ1v) is 7.38. The Morgan fingerprint density at radius 1 is 1.24 bits per heavy atom. The molecular formula is C13H20NO2S+. The highest BCUT2D eigenvalue weighted by atomic mass is 32.1. The maximum atomic E-state index is 5.75. The summed E-state index contributed by atoms with van der Waals surface area (Å²) >= 11 is 1.87. The Balaban J connectivity index is 1.45. The van der Waals surface area contributed by atoms with Crippen molar-refractivity contribution in [1.29, 1.82) is 0 Å². The third-order valence-electron chi connectivity index (χ3n) is 3.84. The molecule has 2 fully saturated rings. The number of thiophene rings is 1. The molecule has 0 aliphatic carbocycles. The van der Waals surface area contributed by atoms with Gasteiger partial charge in [0.05, 0.1) is 45.7 Å². The minimum Gasteiger partial charge on any atom is -0.347 e. The molecule has 3 rings (SSSR count). The Bertz CT molecular complexity index is 336. The monoisotopic (exact) mass is 254 g/mol. The average Bonchev–Trinajstić information content (AvgIpc) is 3.01. The lowest BCUT2D eigenvalue weighted by atomic mass is 10.0. The predicted octanol–water partition coefficient (Wildman–Crippen LogP) is 0.712. The van der Waals surface area contributed by atoms with Crippen LogP contribution in [0.5, 0.6) is 0 Å². The first kappa shape index (κ1) is 11.7. The molecule has 1 N–H and O–H groups in total. The quantitative estimate of drug-likeness (QED) is 0.858. The number of rotatable bonds is 3. The molecule has 3 heterocycles. The first-order chi connectivity index (χ1) is 8.36. The number of nitrogens with one attached hydrogen (secondary N) is 1. The van der Waals surface area contributed by atoms with Crippen molar-refractivity contribution in [2.45, 2.75) is 25.0 Å². The number of likely N-dealkylation sites (tertiary alicyclic amines) is 1. The van der Waals surface area contributed by atoms with E-state index in [2.05, 4.69) is 17.5 Å². The molecule has 17 heavy (non-hydrogen) atoms. The van der Waals surface area contributed by atoms with E-state index >= 15 is 0 Å². The summed E-state index contributed by atoms with van der Waals surface area (Å²) in [7, 11) is 0. The van der Waals surface area contributed by atoms with Gasteiger partial charge >= 0.3 is 0 Å². The van der Waals surface area contributed by atoms with Gasteiger partial charge in [0, 0.05) is 11.3 Å². The minimum absolute atomic E-state index is 0.202. The second-order valence-corrected chi connectivity index (χ2v) is 5.97. The molecular weight excluding hydrogens is 234 g/mol. The van der Waals surface area contributed by atoms with Crippen LogP contribution in [0.3, 0.4) is 0 Å². The Hall–Kier alpha value is -0.420. The van der Waals surface area contributed by atoms with Gasteiger partial charge in [-0.3, -0.25) is 0 Å². The minimum atomic E-state index is -0.202. The largest absolute Gasteiger partial charge is 0.347 e. The second kappa shape index (κ2) is 5.06. The molecule has 1 aromatic rings. The molecule has 0 aromatic carbocycles. The molecule has 1 aromatic heterocycles. The average molecular weight is 254 g/mol. The fourth-order valence-corrected chi connectivity index (χ4v) is 3.48. The molecule has 0 bridgehead atoms. The van der Waals surface area contributed by atoms with Gasteiger partial charge in [-0.15, -0.1) is 11.3 Å². The molecule has 3 nitrogen and oxygen atoms in total. The van der Waals surface area contributed by atoms with Crippen LogP contribution in [0.1, 0.15) is 17.7 Å². The number of ether oxygens (including phenoxy) is 2. The van der Waals surface area contributed by atoms with Crippen LogP contribution in [0.25, 0.3) is 0 Å². The SMILES string of the molecule is c1csc(CC[NH+]2CCC3(CC2)OCCO3)c1. The zero-order valence-electron chi connectivity index (χ0n) is 10.1. The Morgan fingerprint density at radius 3 is 2.65 bits per heavy atom. The number of hydrogen-bond acceptors (Lipinski definition) is 3. The highest BCUT2D eigenvalue weighted by Gasteiger charge is 2.41. The van der Waals surface area contributed by atoms with Crippen molar-refractivity contribution in [3.05, 3.63) is 22.4 Å². The van der Waals surface area contributed by atoms with Crippen molar-refractivity contribution in [2.24, 2.45) is 0 Å². The predicted molar refractivity (Wildman–Crippen MR) is 67.5 cm³/mol. The van der Waals surface area contributed by atoms with E-state index in [-0.39, 0.29) is 5.79 Å². The van der Waals surface area contributed by atoms with Gasteiger partial charge in [-0.05, 0) is 11.4 Å². The van der Waals surface area contributed by atoms with Gasteiger partial charge in [-0.25, -0.2) is 0 Å². The smallest absolute Gasteiger partial charge is 0.179 e. The summed E-state index contributed by atoms with van der Waals surface area (Å²) in [5.41, 5.74) is 0. The molecule has 2 saturated heterocycles. The van der Waals surface area contributed by atoms with E-state index in [0.29, 0.717) is 0 Å². The standard InChI is InChI=1S/C13H19NO2S/c1-2-12(17-11-1)3-6-14-7-4-13(5-8-14)15-9-10-16-13/h1-2,11H,3-10H2/p+1. The summed E-state index contributed by atoms with van der Waals surface area (Å²) in [6.45, 7) is 5.18. The Kier molecular flexibility index (Phi) is 3.47. The lowest BCUT2D eigenvalue weighted by Crippen LogP contribution is -3.13. The lowest BCUT2D eigenvalue weighted by Gasteiger charge is -2.35. The fourth-order valence-electron chi connectivity index (χ4n) is 2.77. The molecule has 94 valence electrons. The van der Waals surface area contributed by atoms with Gasteiger partial charge in [0.15, 0.2) is 5.79 Å². The van der Waals surface area contributed by atoms with E-state index in [9.17, 15) is 0 Å². The van der Waals surface area contributed by atoms with Crippen molar-refractivity contribution < 1.29 is 14.4 Å². The first-order valence-electron chi connectivity index (χ1n) is 6.50. The van der Waals surface area contributed by atoms with Crippen LogP contribution in [-0.4, -0.2) is 38.6 Å². The van der Waals surface area contributed by atoms with Gasteiger partial charge in [-0.1, -0.05) is 6.07 Å². The maximum absolute atomic E-state index is 5.75. The molecule has 1 spiro atoms. The Morgan fingerprint density at radius 2 is 2.00 bits per heavy atom. The number of piperidine rings is 1. The molecule has 2 aliphatic rings. The van der Waals surface area contributed by atoms with Crippen molar-refractivity contribution in [1.82, 2.24) is 0 Å². The van der Waals surface area contributed by atoms with Crippen LogP contribution >= 0.6 is 11.3 Å². The summed E-state index contributed by atoms with van der Waals surface area (Å²) in [5, 5.41) is 2.16. The van der Waals surface area contributed by atoms with E-state index in [1.165, 1.54) is 30.9 Å². The fraction of sp³-hybridized carbons (Fsp3) is 0.692. The van der Waals surface area contributed by atoms with Crippen LogP contribution in [-0.2, 0) is 15.9 Å². The van der Waals surface area contributed by atoms with Crippen molar-refractivity contribution >= 4 is 11.3 Å². The van der Waals surface area contributed by atoms with Gasteiger partial charge in [0.1, 0.15) is 0 Å². The topological polar surface area (TPSA) is 22.9 Å². The van der Waals surface area contributed by atoms with E-state index in [4.69, 9.17) is 9.47 Å². The van der Waals surface area contributed by atoms with Crippen molar-refractivity contribution in [2.75, 3.05) is 32.8 Å². The highest BCUT2D eigenvalue weighted by molar-refractivity contribution is 7.09. The van der Waals surface area contributed by atoms with E-state index < -0.39 is 0 Å². The van der Waals surface area contributed by atoms with Crippen molar-refractivity contribution in [3.8, 4) is 0 Å². The van der Waals surface area contributed by atoms with Crippen LogP contribution in [0.15, 0.2) is 17.5 Å². The molecule has 0 unspecified atom stereocenters. The van der Waals surface area contributed by atoms with Crippen LogP contribution in [0.2, 0.25) is 0 Å². The van der Waals surface area contributed by atoms with Crippen LogP contribution < -0.4 is 4.90 Å². The Labute approximate surface area is 106 Å². The highest BCUT2D eigenvalue weighted by Crippen LogP contribution is 2.27. The van der Waals surface area contributed by atoms with Crippen LogP contribution in [0, 0.1) is 0 Å². The summed E-state index contributed by atoms with van der Waals surface area (Å²) in [6.07, 6.45) is 3.33. The van der Waals surface area contributed by atoms with Gasteiger partial charge in [-0.2, -0.15) is 0 Å². The summed E-state index contributed by atoms with van der Waals surface area (Å²) in [6, 6.07) is 4.37. The van der Waals surface area contributed by atoms with Gasteiger partial charge in [0.2, 0.25) is 0 Å². The summed E-state index contributed by atoms with van der Waals surface area (Å²) in [5.74, 6) is -0.202. The van der Waals surface area contributed by atoms with E-state index in [1.54, 1.807) is 4.90 Å². The molecule has 0 radical (unpaired) electrons. The zero-order valence-corrected chi connectivity index (χ0v) is 10.9. The number of quaternary nitrogens is 1. The third kappa shape index (κ3) is 2.71. The molecule has 4 heteroatoms. The van der Waals surface area contributed by atoms with E-state index in [0.717, 1.165) is 26.1 Å². The lowest BCUT2D eigenvalue weighted by molar-refractivity contribution is -0.908. The van der Waals surface area contributed by atoms with E-state index in [1.807, 2.05) is 11.3 Å². The number of hydrogen-bond donors (Lipinski definition) is 1. The summed E-state index contributed by atoms with van der Waals surface area (Å²) in [4.78, 5) is 3.20. The summed E-state index contributed by atoms with van der Waals surface area (Å²) < 4.78 is 11.5. The molecule has 0 atom stereocenters. The maximum Gasteiger partial charge on any atom is 0.179 e. The normalized spacial score (nSPS) is 24.5. The molecule has 0 amide bonds. The second-order valence-electron chi connectivity index (χ2n) is 4.94. The van der Waals surface area contributed by atoms with Gasteiger partial charge in [0.25, 0.3) is 0 Å². The molecule has 2 aliphatic heterocycles. The zero-order chi connectivity index (χ0) is 11.6.